The molecule has 0 radical (unpaired) electrons. The molecule has 3 aromatic rings. The molecule has 10 nitrogen and oxygen atoms in total. The molecular formula is C22H24N4O6S. The van der Waals surface area contributed by atoms with E-state index in [-0.39, 0.29) is 29.4 Å². The number of benzene rings is 2. The molecule has 4 N–H and O–H groups in total. The number of imidazole rings is 1. The van der Waals surface area contributed by atoms with E-state index in [0.29, 0.717) is 33.7 Å². The number of nitrogen functional groups attached to an aromatic ring is 1. The summed E-state index contributed by atoms with van der Waals surface area (Å²) in [4.78, 5) is 33.3. The fourth-order valence-corrected chi connectivity index (χ4v) is 5.06. The number of ether oxygens (including phenoxy) is 2. The highest BCUT2D eigenvalue weighted by molar-refractivity contribution is 7.90. The Balaban J connectivity index is 1.88. The monoisotopic (exact) mass is 472 g/mol. The molecule has 1 amide bonds. The Morgan fingerprint density at radius 2 is 1.97 bits per heavy atom. The first-order valence-corrected chi connectivity index (χ1v) is 12.2. The van der Waals surface area contributed by atoms with Crippen LogP contribution in [-0.4, -0.2) is 50.2 Å². The number of anilines is 2. The van der Waals surface area contributed by atoms with Crippen molar-refractivity contribution in [1.82, 2.24) is 9.97 Å². The minimum Gasteiger partial charge on any atom is -0.494 e. The molecule has 0 bridgehead atoms. The average molecular weight is 473 g/mol. The second-order valence-corrected chi connectivity index (χ2v) is 9.75. The molecule has 1 aliphatic heterocycles. The van der Waals surface area contributed by atoms with Crippen LogP contribution in [0.15, 0.2) is 29.2 Å². The summed E-state index contributed by atoms with van der Waals surface area (Å²) in [7, 11) is -2.16. The van der Waals surface area contributed by atoms with E-state index >= 15 is 0 Å². The van der Waals surface area contributed by atoms with E-state index in [1.54, 1.807) is 32.0 Å². The van der Waals surface area contributed by atoms with E-state index in [4.69, 9.17) is 15.2 Å². The molecule has 0 saturated heterocycles. The van der Waals surface area contributed by atoms with Crippen molar-refractivity contribution >= 4 is 44.1 Å². The number of hydrogen-bond donors (Lipinski definition) is 3. The van der Waals surface area contributed by atoms with Crippen LogP contribution in [0.3, 0.4) is 0 Å². The normalized spacial score (nSPS) is 17.6. The van der Waals surface area contributed by atoms with Crippen molar-refractivity contribution in [3.8, 4) is 17.1 Å². The number of carbonyl (C=O) groups excluding carboxylic acids is 2. The summed E-state index contributed by atoms with van der Waals surface area (Å²) in [6.07, 6.45) is 1.29. The molecule has 0 spiro atoms. The van der Waals surface area contributed by atoms with Gasteiger partial charge in [0.15, 0.2) is 21.0 Å². The lowest BCUT2D eigenvalue weighted by Crippen LogP contribution is -2.43. The number of nitrogens with zero attached hydrogens (tertiary/aromatic N) is 1. The molecular weight excluding hydrogens is 448 g/mol. The number of carbonyl (C=O) groups is 2. The Labute approximate surface area is 190 Å². The van der Waals surface area contributed by atoms with Crippen LogP contribution in [0.25, 0.3) is 22.4 Å². The zero-order chi connectivity index (χ0) is 24.1. The quantitative estimate of drug-likeness (QED) is 0.281. The Bertz CT molecular complexity index is 1410. The predicted octanol–water partition coefficient (Wildman–Crippen LogP) is 2.39. The van der Waals surface area contributed by atoms with Gasteiger partial charge in [0.25, 0.3) is 0 Å². The number of methoxy groups -OCH3 is 1. The maximum Gasteiger partial charge on any atom is 0.326 e. The smallest absolute Gasteiger partial charge is 0.326 e. The molecule has 1 aromatic heterocycles. The van der Waals surface area contributed by atoms with Gasteiger partial charge < -0.3 is 25.5 Å². The lowest BCUT2D eigenvalue weighted by Gasteiger charge is -2.23. The van der Waals surface area contributed by atoms with Gasteiger partial charge in [-0.3, -0.25) is 9.59 Å². The van der Waals surface area contributed by atoms with Gasteiger partial charge in [-0.1, -0.05) is 6.92 Å². The van der Waals surface area contributed by atoms with Crippen LogP contribution >= 0.6 is 0 Å². The number of fused-ring (bicyclic) bond motifs is 2. The number of esters is 1. The summed E-state index contributed by atoms with van der Waals surface area (Å²) < 4.78 is 34.6. The molecule has 1 atom stereocenters. The van der Waals surface area contributed by atoms with E-state index in [9.17, 15) is 18.0 Å². The Morgan fingerprint density at radius 1 is 1.24 bits per heavy atom. The van der Waals surface area contributed by atoms with Crippen molar-refractivity contribution in [2.75, 3.05) is 31.0 Å². The SMILES string of the molecule is CCOC(=O)C1(CC)C(=O)Nc2cc3[nH]c(-c4ccc(S(C)(=O)=O)c(N)c4OC)nc3cc21. The molecule has 174 valence electrons. The topological polar surface area (TPSA) is 153 Å². The van der Waals surface area contributed by atoms with Crippen LogP contribution in [-0.2, 0) is 29.6 Å². The highest BCUT2D eigenvalue weighted by Gasteiger charge is 2.53. The molecule has 0 aliphatic carbocycles. The average Bonchev–Trinajstić information content (AvgIpc) is 3.28. The number of aromatic nitrogens is 2. The molecule has 11 heteroatoms. The van der Waals surface area contributed by atoms with E-state index in [1.165, 1.54) is 13.2 Å². The van der Waals surface area contributed by atoms with Crippen molar-refractivity contribution in [2.45, 2.75) is 30.6 Å². The number of amides is 1. The predicted molar refractivity (Wildman–Crippen MR) is 123 cm³/mol. The number of sulfone groups is 1. The van der Waals surface area contributed by atoms with Gasteiger partial charge in [0.05, 0.1) is 40.9 Å². The van der Waals surface area contributed by atoms with E-state index in [2.05, 4.69) is 15.3 Å². The summed E-state index contributed by atoms with van der Waals surface area (Å²) >= 11 is 0. The van der Waals surface area contributed by atoms with Crippen LogP contribution in [0.1, 0.15) is 25.8 Å². The zero-order valence-electron chi connectivity index (χ0n) is 18.6. The number of aromatic amines is 1. The van der Waals surface area contributed by atoms with Crippen molar-refractivity contribution in [3.05, 3.63) is 29.8 Å². The first kappa shape index (κ1) is 22.6. The first-order chi connectivity index (χ1) is 15.6. The Kier molecular flexibility index (Phi) is 5.32. The van der Waals surface area contributed by atoms with E-state index in [1.807, 2.05) is 0 Å². The zero-order valence-corrected chi connectivity index (χ0v) is 19.4. The van der Waals surface area contributed by atoms with Crippen molar-refractivity contribution in [1.29, 1.82) is 0 Å². The van der Waals surface area contributed by atoms with Gasteiger partial charge in [-0.15, -0.1) is 0 Å². The summed E-state index contributed by atoms with van der Waals surface area (Å²) in [6.45, 7) is 3.60. The lowest BCUT2D eigenvalue weighted by molar-refractivity contribution is -0.153. The molecule has 2 aromatic carbocycles. The highest BCUT2D eigenvalue weighted by atomic mass is 32.2. The van der Waals surface area contributed by atoms with Crippen LogP contribution in [0, 0.1) is 0 Å². The standard InChI is InChI=1S/C22H24N4O6S/c1-5-22(21(28)32-6-2)12-9-14-15(10-13(12)26-20(22)27)25-19(24-14)11-7-8-16(33(4,29)30)17(23)18(11)31-3/h7-10H,5-6,23H2,1-4H3,(H,24,25)(H,26,27). The minimum atomic E-state index is -3.55. The molecule has 0 fully saturated rings. The second-order valence-electron chi connectivity index (χ2n) is 7.76. The van der Waals surface area contributed by atoms with Gasteiger partial charge in [0.1, 0.15) is 5.82 Å². The second kappa shape index (κ2) is 7.77. The first-order valence-electron chi connectivity index (χ1n) is 10.3. The van der Waals surface area contributed by atoms with E-state index in [0.717, 1.165) is 6.26 Å². The van der Waals surface area contributed by atoms with Crippen molar-refractivity contribution < 1.29 is 27.5 Å². The molecule has 0 saturated carbocycles. The third kappa shape index (κ3) is 3.30. The molecule has 1 aliphatic rings. The summed E-state index contributed by atoms with van der Waals surface area (Å²) in [5, 5.41) is 2.78. The number of H-pyrrole nitrogens is 1. The van der Waals surface area contributed by atoms with E-state index < -0.39 is 27.1 Å². The Morgan fingerprint density at radius 3 is 2.58 bits per heavy atom. The minimum absolute atomic E-state index is 0.0139. The number of rotatable bonds is 6. The maximum atomic E-state index is 12.8. The third-order valence-electron chi connectivity index (χ3n) is 5.89. The lowest BCUT2D eigenvalue weighted by atomic mass is 9.79. The molecule has 4 rings (SSSR count). The number of nitrogens with one attached hydrogen (secondary N) is 2. The Hall–Kier alpha value is -3.60. The summed E-state index contributed by atoms with van der Waals surface area (Å²) in [6, 6.07) is 6.35. The molecule has 33 heavy (non-hydrogen) atoms. The largest absolute Gasteiger partial charge is 0.494 e. The fraction of sp³-hybridized carbons (Fsp3) is 0.318. The summed E-state index contributed by atoms with van der Waals surface area (Å²) in [5.74, 6) is -0.476. The van der Waals surface area contributed by atoms with Crippen LogP contribution in [0.4, 0.5) is 11.4 Å². The summed E-state index contributed by atoms with van der Waals surface area (Å²) in [5.41, 5.74) is 7.19. The van der Waals surface area contributed by atoms with Crippen LogP contribution < -0.4 is 15.8 Å². The van der Waals surface area contributed by atoms with Crippen molar-refractivity contribution in [2.24, 2.45) is 0 Å². The number of hydrogen-bond acceptors (Lipinski definition) is 8. The van der Waals surface area contributed by atoms with Gasteiger partial charge in [0.2, 0.25) is 5.91 Å². The fourth-order valence-electron chi connectivity index (χ4n) is 4.26. The number of nitrogens with two attached hydrogens (primary N) is 1. The van der Waals surface area contributed by atoms with Gasteiger partial charge in [-0.05, 0) is 37.6 Å². The molecule has 1 unspecified atom stereocenters. The maximum absolute atomic E-state index is 12.8. The van der Waals surface area contributed by atoms with Crippen LogP contribution in [0.2, 0.25) is 0 Å². The highest BCUT2D eigenvalue weighted by Crippen LogP contribution is 2.44. The third-order valence-corrected chi connectivity index (χ3v) is 7.04. The van der Waals surface area contributed by atoms with Gasteiger partial charge in [0, 0.05) is 17.5 Å². The van der Waals surface area contributed by atoms with Crippen molar-refractivity contribution in [3.63, 3.8) is 0 Å². The van der Waals surface area contributed by atoms with Gasteiger partial charge >= 0.3 is 5.97 Å². The van der Waals surface area contributed by atoms with Gasteiger partial charge in [-0.25, -0.2) is 13.4 Å². The van der Waals surface area contributed by atoms with Crippen LogP contribution in [0.5, 0.6) is 5.75 Å². The van der Waals surface area contributed by atoms with Gasteiger partial charge in [-0.2, -0.15) is 0 Å². The molecule has 2 heterocycles.